The van der Waals surface area contributed by atoms with Crippen LogP contribution in [0.5, 0.6) is 0 Å². The van der Waals surface area contributed by atoms with Gasteiger partial charge in [-0.15, -0.1) is 0 Å². The molecule has 1 aliphatic heterocycles. The standard InChI is InChI=1S/C24H24N6O2S/c31-33(32,21-4-2-1-3-5-21)30-20-12-18(14-26-15-20)17-6-7-22-23(13-17)29-24(16-27-22)28-19-8-10-25-11-9-19/h1-7,12-16,19,25,30H,8-11H2,(H,28,29). The van der Waals surface area contributed by atoms with Crippen molar-refractivity contribution in [2.45, 2.75) is 23.8 Å². The van der Waals surface area contributed by atoms with Crippen LogP contribution in [0.4, 0.5) is 11.5 Å². The molecular formula is C24H24N6O2S. The molecule has 3 N–H and O–H groups in total. The molecule has 0 saturated carbocycles. The first-order valence-corrected chi connectivity index (χ1v) is 12.3. The molecule has 2 aromatic carbocycles. The number of sulfonamides is 1. The Morgan fingerprint density at radius 1 is 0.879 bits per heavy atom. The minimum absolute atomic E-state index is 0.199. The minimum Gasteiger partial charge on any atom is -0.366 e. The Balaban J connectivity index is 1.40. The van der Waals surface area contributed by atoms with Crippen molar-refractivity contribution in [2.24, 2.45) is 0 Å². The van der Waals surface area contributed by atoms with Gasteiger partial charge in [-0.05, 0) is 61.8 Å². The van der Waals surface area contributed by atoms with Crippen molar-refractivity contribution in [1.29, 1.82) is 0 Å². The molecule has 33 heavy (non-hydrogen) atoms. The van der Waals surface area contributed by atoms with Gasteiger partial charge in [-0.2, -0.15) is 0 Å². The first-order valence-electron chi connectivity index (χ1n) is 10.8. The van der Waals surface area contributed by atoms with Crippen LogP contribution in [0.25, 0.3) is 22.2 Å². The number of nitrogens with zero attached hydrogens (tertiary/aromatic N) is 3. The summed E-state index contributed by atoms with van der Waals surface area (Å²) >= 11 is 0. The van der Waals surface area contributed by atoms with Crippen molar-refractivity contribution in [3.63, 3.8) is 0 Å². The third-order valence-electron chi connectivity index (χ3n) is 5.61. The molecule has 3 heterocycles. The predicted molar refractivity (Wildman–Crippen MR) is 130 cm³/mol. The zero-order chi connectivity index (χ0) is 22.7. The Bertz CT molecular complexity index is 1370. The maximum Gasteiger partial charge on any atom is 0.261 e. The van der Waals surface area contributed by atoms with Crippen molar-refractivity contribution in [3.05, 3.63) is 73.2 Å². The van der Waals surface area contributed by atoms with Gasteiger partial charge < -0.3 is 10.6 Å². The zero-order valence-electron chi connectivity index (χ0n) is 17.9. The third kappa shape index (κ3) is 4.94. The molecule has 1 fully saturated rings. The number of rotatable bonds is 6. The second-order valence-electron chi connectivity index (χ2n) is 8.01. The van der Waals surface area contributed by atoms with Gasteiger partial charge in [-0.3, -0.25) is 14.7 Å². The van der Waals surface area contributed by atoms with E-state index in [1.54, 1.807) is 48.8 Å². The van der Waals surface area contributed by atoms with Gasteiger partial charge in [-0.25, -0.2) is 13.4 Å². The van der Waals surface area contributed by atoms with Crippen LogP contribution in [0.2, 0.25) is 0 Å². The Hall–Kier alpha value is -3.56. The van der Waals surface area contributed by atoms with Gasteiger partial charge in [0, 0.05) is 17.8 Å². The lowest BCUT2D eigenvalue weighted by atomic mass is 10.1. The van der Waals surface area contributed by atoms with E-state index < -0.39 is 10.0 Å². The van der Waals surface area contributed by atoms with Gasteiger partial charge >= 0.3 is 0 Å². The number of pyridine rings is 1. The normalized spacial score (nSPS) is 14.8. The van der Waals surface area contributed by atoms with Crippen LogP contribution in [0.1, 0.15) is 12.8 Å². The van der Waals surface area contributed by atoms with Gasteiger partial charge in [0.1, 0.15) is 5.82 Å². The number of anilines is 2. The molecule has 0 unspecified atom stereocenters. The Labute approximate surface area is 192 Å². The van der Waals surface area contributed by atoms with Gasteiger partial charge in [0.15, 0.2) is 0 Å². The van der Waals surface area contributed by atoms with Crippen molar-refractivity contribution in [2.75, 3.05) is 23.1 Å². The molecule has 4 aromatic rings. The molecular weight excluding hydrogens is 436 g/mol. The van der Waals surface area contributed by atoms with Crippen LogP contribution in [-0.4, -0.2) is 42.5 Å². The van der Waals surface area contributed by atoms with Crippen molar-refractivity contribution < 1.29 is 8.42 Å². The Morgan fingerprint density at radius 2 is 1.70 bits per heavy atom. The summed E-state index contributed by atoms with van der Waals surface area (Å²) in [6, 6.07) is 16.2. The zero-order valence-corrected chi connectivity index (χ0v) is 18.7. The van der Waals surface area contributed by atoms with Crippen molar-refractivity contribution in [1.82, 2.24) is 20.3 Å². The molecule has 0 atom stereocenters. The topological polar surface area (TPSA) is 109 Å². The van der Waals surface area contributed by atoms with E-state index in [2.05, 4.69) is 25.3 Å². The van der Waals surface area contributed by atoms with E-state index in [1.807, 2.05) is 18.2 Å². The van der Waals surface area contributed by atoms with Crippen LogP contribution in [0.15, 0.2) is 78.1 Å². The van der Waals surface area contributed by atoms with E-state index >= 15 is 0 Å². The number of fused-ring (bicyclic) bond motifs is 1. The molecule has 8 nitrogen and oxygen atoms in total. The molecule has 2 aromatic heterocycles. The summed E-state index contributed by atoms with van der Waals surface area (Å²) in [5.74, 6) is 0.758. The van der Waals surface area contributed by atoms with Gasteiger partial charge in [0.05, 0.1) is 34.0 Å². The maximum absolute atomic E-state index is 12.7. The fraction of sp³-hybridized carbons (Fsp3) is 0.208. The lowest BCUT2D eigenvalue weighted by molar-refractivity contribution is 0.478. The van der Waals surface area contributed by atoms with Crippen LogP contribution in [-0.2, 0) is 10.0 Å². The second-order valence-corrected chi connectivity index (χ2v) is 9.69. The van der Waals surface area contributed by atoms with E-state index in [0.717, 1.165) is 53.9 Å². The largest absolute Gasteiger partial charge is 0.366 e. The fourth-order valence-corrected chi connectivity index (χ4v) is 4.96. The first-order chi connectivity index (χ1) is 16.1. The van der Waals surface area contributed by atoms with Crippen molar-refractivity contribution >= 4 is 32.6 Å². The van der Waals surface area contributed by atoms with E-state index in [9.17, 15) is 8.42 Å². The molecule has 9 heteroatoms. The number of hydrogen-bond donors (Lipinski definition) is 3. The highest BCUT2D eigenvalue weighted by atomic mass is 32.2. The van der Waals surface area contributed by atoms with Crippen LogP contribution in [0.3, 0.4) is 0 Å². The number of nitrogens with one attached hydrogen (secondary N) is 3. The van der Waals surface area contributed by atoms with Crippen molar-refractivity contribution in [3.8, 4) is 11.1 Å². The molecule has 0 aliphatic carbocycles. The summed E-state index contributed by atoms with van der Waals surface area (Å²) in [5.41, 5.74) is 3.61. The molecule has 1 aliphatic rings. The minimum atomic E-state index is -3.69. The summed E-state index contributed by atoms with van der Waals surface area (Å²) in [6.45, 7) is 2.00. The van der Waals surface area contributed by atoms with Gasteiger partial charge in [-0.1, -0.05) is 24.3 Å². The first kappa shape index (κ1) is 21.3. The fourth-order valence-electron chi connectivity index (χ4n) is 3.90. The Morgan fingerprint density at radius 3 is 2.52 bits per heavy atom. The molecule has 0 bridgehead atoms. The molecule has 5 rings (SSSR count). The SMILES string of the molecule is O=S(=O)(Nc1cncc(-c2ccc3ncc(NC4CCNCC4)nc3c2)c1)c1ccccc1. The summed E-state index contributed by atoms with van der Waals surface area (Å²) in [5, 5.41) is 6.84. The maximum atomic E-state index is 12.7. The van der Waals surface area contributed by atoms with Crippen LogP contribution in [0, 0.1) is 0 Å². The number of piperidine rings is 1. The van der Waals surface area contributed by atoms with Crippen LogP contribution >= 0.6 is 0 Å². The molecule has 1 saturated heterocycles. The number of benzene rings is 2. The van der Waals surface area contributed by atoms with E-state index in [4.69, 9.17) is 4.98 Å². The quantitative estimate of drug-likeness (QED) is 0.403. The average Bonchev–Trinajstić information content (AvgIpc) is 2.85. The highest BCUT2D eigenvalue weighted by Gasteiger charge is 2.15. The van der Waals surface area contributed by atoms with E-state index in [0.29, 0.717) is 11.7 Å². The van der Waals surface area contributed by atoms with E-state index in [-0.39, 0.29) is 4.90 Å². The van der Waals surface area contributed by atoms with E-state index in [1.165, 1.54) is 6.20 Å². The molecule has 0 amide bonds. The lowest BCUT2D eigenvalue weighted by Gasteiger charge is -2.24. The summed E-state index contributed by atoms with van der Waals surface area (Å²) < 4.78 is 27.9. The lowest BCUT2D eigenvalue weighted by Crippen LogP contribution is -2.35. The monoisotopic (exact) mass is 460 g/mol. The van der Waals surface area contributed by atoms with Gasteiger partial charge in [0.25, 0.3) is 10.0 Å². The number of aromatic nitrogens is 3. The highest BCUT2D eigenvalue weighted by molar-refractivity contribution is 7.92. The second kappa shape index (κ2) is 9.13. The van der Waals surface area contributed by atoms with Crippen LogP contribution < -0.4 is 15.4 Å². The Kier molecular flexibility index (Phi) is 5.89. The summed E-state index contributed by atoms with van der Waals surface area (Å²) in [6.07, 6.45) is 7.07. The number of hydrogen-bond acceptors (Lipinski definition) is 7. The molecule has 0 spiro atoms. The molecule has 0 radical (unpaired) electrons. The average molecular weight is 461 g/mol. The summed E-state index contributed by atoms with van der Waals surface area (Å²) in [7, 11) is -3.69. The summed E-state index contributed by atoms with van der Waals surface area (Å²) in [4.78, 5) is 13.7. The highest BCUT2D eigenvalue weighted by Crippen LogP contribution is 2.26. The smallest absolute Gasteiger partial charge is 0.261 e. The predicted octanol–water partition coefficient (Wildman–Crippen LogP) is 3.66. The molecule has 168 valence electrons. The third-order valence-corrected chi connectivity index (χ3v) is 7.01. The van der Waals surface area contributed by atoms with Gasteiger partial charge in [0.2, 0.25) is 0 Å².